The summed E-state index contributed by atoms with van der Waals surface area (Å²) < 4.78 is 1.08. The highest BCUT2D eigenvalue weighted by atomic mass is 32.1. The van der Waals surface area contributed by atoms with Crippen LogP contribution in [0.25, 0.3) is 20.8 Å². The molecular weight excluding hydrogens is 386 g/mol. The maximum Gasteiger partial charge on any atom is 0.175 e. The Balaban J connectivity index is 1.47. The molecule has 5 nitrogen and oxygen atoms in total. The quantitative estimate of drug-likeness (QED) is 0.453. The molecule has 0 aliphatic carbocycles. The summed E-state index contributed by atoms with van der Waals surface area (Å²) in [7, 11) is 4.03. The summed E-state index contributed by atoms with van der Waals surface area (Å²) in [5.74, 6) is 0. The molecule has 2 heterocycles. The first-order valence-corrected chi connectivity index (χ1v) is 9.97. The highest BCUT2D eigenvalue weighted by molar-refractivity contribution is 7.80. The van der Waals surface area contributed by atoms with Crippen molar-refractivity contribution in [1.29, 1.82) is 0 Å². The molecule has 2 aromatic heterocycles. The number of fused-ring (bicyclic) bond motifs is 1. The third-order valence-electron chi connectivity index (χ3n) is 4.20. The Labute approximate surface area is 173 Å². The first kappa shape index (κ1) is 18.3. The first-order chi connectivity index (χ1) is 13.6. The number of nitrogens with zero attached hydrogens (tertiary/aromatic N) is 3. The maximum atomic E-state index is 5.46. The van der Waals surface area contributed by atoms with Gasteiger partial charge in [-0.2, -0.15) is 0 Å². The minimum absolute atomic E-state index is 0.545. The smallest absolute Gasteiger partial charge is 0.175 e. The molecule has 7 heteroatoms. The van der Waals surface area contributed by atoms with Crippen LogP contribution < -0.4 is 15.5 Å². The fourth-order valence-electron chi connectivity index (χ4n) is 2.77. The molecule has 28 heavy (non-hydrogen) atoms. The second-order valence-corrected chi connectivity index (χ2v) is 7.90. The summed E-state index contributed by atoms with van der Waals surface area (Å²) in [6.07, 6.45) is 3.61. The van der Waals surface area contributed by atoms with Crippen molar-refractivity contribution in [1.82, 2.24) is 9.97 Å². The van der Waals surface area contributed by atoms with Crippen molar-refractivity contribution in [3.8, 4) is 10.6 Å². The molecule has 140 valence electrons. The van der Waals surface area contributed by atoms with E-state index in [1.165, 1.54) is 0 Å². The second-order valence-electron chi connectivity index (χ2n) is 6.46. The Kier molecular flexibility index (Phi) is 5.18. The molecule has 0 unspecified atom stereocenters. The number of rotatable bonds is 4. The average Bonchev–Trinajstić information content (AvgIpc) is 3.13. The Morgan fingerprint density at radius 2 is 1.79 bits per heavy atom. The monoisotopic (exact) mass is 405 g/mol. The molecule has 0 aliphatic rings. The topological polar surface area (TPSA) is 53.1 Å². The van der Waals surface area contributed by atoms with E-state index >= 15 is 0 Å². The van der Waals surface area contributed by atoms with Crippen molar-refractivity contribution in [3.63, 3.8) is 0 Å². The SMILES string of the molecule is CN(C)c1ccc(NC(=S)Nc2cccc(-c3nc4ccncc4s3)c2)cc1. The highest BCUT2D eigenvalue weighted by Crippen LogP contribution is 2.30. The molecule has 0 saturated carbocycles. The van der Waals surface area contributed by atoms with Crippen LogP contribution in [0, 0.1) is 0 Å². The molecule has 0 bridgehead atoms. The Morgan fingerprint density at radius 1 is 1.00 bits per heavy atom. The summed E-state index contributed by atoms with van der Waals surface area (Å²) in [6, 6.07) is 18.1. The van der Waals surface area contributed by atoms with Gasteiger partial charge in [0, 0.05) is 49.1 Å². The summed E-state index contributed by atoms with van der Waals surface area (Å²) >= 11 is 7.09. The maximum absolute atomic E-state index is 5.46. The van der Waals surface area contributed by atoms with Crippen LogP contribution >= 0.6 is 23.6 Å². The second kappa shape index (κ2) is 7.92. The van der Waals surface area contributed by atoms with Crippen molar-refractivity contribution in [2.24, 2.45) is 0 Å². The zero-order valence-corrected chi connectivity index (χ0v) is 17.1. The summed E-state index contributed by atoms with van der Waals surface area (Å²) in [5.41, 5.74) is 5.01. The lowest BCUT2D eigenvalue weighted by atomic mass is 10.2. The lowest BCUT2D eigenvalue weighted by Crippen LogP contribution is -2.19. The van der Waals surface area contributed by atoms with Crippen molar-refractivity contribution in [3.05, 3.63) is 67.0 Å². The van der Waals surface area contributed by atoms with Crippen molar-refractivity contribution in [2.45, 2.75) is 0 Å². The van der Waals surface area contributed by atoms with Crippen LogP contribution in [0.3, 0.4) is 0 Å². The van der Waals surface area contributed by atoms with Gasteiger partial charge >= 0.3 is 0 Å². The van der Waals surface area contributed by atoms with Crippen LogP contribution in [0.15, 0.2) is 67.0 Å². The van der Waals surface area contributed by atoms with Gasteiger partial charge in [-0.1, -0.05) is 12.1 Å². The lowest BCUT2D eigenvalue weighted by molar-refractivity contribution is 1.13. The predicted molar refractivity (Wildman–Crippen MR) is 123 cm³/mol. The van der Waals surface area contributed by atoms with Gasteiger partial charge in [0.05, 0.1) is 10.2 Å². The van der Waals surface area contributed by atoms with Crippen LogP contribution in [0.5, 0.6) is 0 Å². The molecule has 4 aromatic rings. The molecule has 0 fully saturated rings. The van der Waals surface area contributed by atoms with Crippen LogP contribution in [-0.4, -0.2) is 29.2 Å². The number of anilines is 3. The van der Waals surface area contributed by atoms with E-state index in [1.807, 2.05) is 74.9 Å². The lowest BCUT2D eigenvalue weighted by Gasteiger charge is -2.14. The molecular formula is C21H19N5S2. The fraction of sp³-hybridized carbons (Fsp3) is 0.0952. The summed E-state index contributed by atoms with van der Waals surface area (Å²) in [6.45, 7) is 0. The van der Waals surface area contributed by atoms with E-state index in [9.17, 15) is 0 Å². The number of pyridine rings is 1. The van der Waals surface area contributed by atoms with Crippen molar-refractivity contribution >= 4 is 55.9 Å². The number of hydrogen-bond acceptors (Lipinski definition) is 5. The number of benzene rings is 2. The van der Waals surface area contributed by atoms with E-state index in [-0.39, 0.29) is 0 Å². The Morgan fingerprint density at radius 3 is 2.54 bits per heavy atom. The van der Waals surface area contributed by atoms with Gasteiger partial charge in [-0.3, -0.25) is 4.98 Å². The van der Waals surface area contributed by atoms with Gasteiger partial charge in [-0.25, -0.2) is 4.98 Å². The molecule has 0 radical (unpaired) electrons. The van der Waals surface area contributed by atoms with Gasteiger partial charge in [0.15, 0.2) is 5.11 Å². The van der Waals surface area contributed by atoms with Crippen LogP contribution in [0.4, 0.5) is 17.1 Å². The Hall–Kier alpha value is -3.03. The normalized spacial score (nSPS) is 10.6. The third kappa shape index (κ3) is 4.11. The number of aromatic nitrogens is 2. The van der Waals surface area contributed by atoms with Gasteiger partial charge in [-0.05, 0) is 54.7 Å². The van der Waals surface area contributed by atoms with Gasteiger partial charge in [0.25, 0.3) is 0 Å². The third-order valence-corrected chi connectivity index (χ3v) is 5.46. The zero-order chi connectivity index (χ0) is 19.5. The predicted octanol–water partition coefficient (Wildman–Crippen LogP) is 5.23. The van der Waals surface area contributed by atoms with E-state index in [0.29, 0.717) is 5.11 Å². The van der Waals surface area contributed by atoms with E-state index in [1.54, 1.807) is 17.5 Å². The minimum Gasteiger partial charge on any atom is -0.378 e. The number of thiazole rings is 1. The van der Waals surface area contributed by atoms with Crippen molar-refractivity contribution < 1.29 is 0 Å². The molecule has 4 rings (SSSR count). The fourth-order valence-corrected chi connectivity index (χ4v) is 3.93. The van der Waals surface area contributed by atoms with E-state index in [2.05, 4.69) is 20.5 Å². The zero-order valence-electron chi connectivity index (χ0n) is 15.5. The molecule has 0 amide bonds. The van der Waals surface area contributed by atoms with Gasteiger partial charge < -0.3 is 15.5 Å². The van der Waals surface area contributed by atoms with Gasteiger partial charge in [0.2, 0.25) is 0 Å². The standard InChI is InChI=1S/C21H19N5S2/c1-26(2)17-8-6-15(7-9-17)23-21(27)24-16-5-3-4-14(12-16)20-25-18-10-11-22-13-19(18)28-20/h3-13H,1-2H3,(H2,23,24,27). The van der Waals surface area contributed by atoms with Gasteiger partial charge in [-0.15, -0.1) is 11.3 Å². The molecule has 0 spiro atoms. The van der Waals surface area contributed by atoms with Crippen LogP contribution in [0.2, 0.25) is 0 Å². The number of thiocarbonyl (C=S) groups is 1. The van der Waals surface area contributed by atoms with Gasteiger partial charge in [0.1, 0.15) is 5.01 Å². The molecule has 0 atom stereocenters. The van der Waals surface area contributed by atoms with Crippen LogP contribution in [0.1, 0.15) is 0 Å². The number of nitrogens with one attached hydrogen (secondary N) is 2. The molecule has 0 saturated heterocycles. The number of hydrogen-bond donors (Lipinski definition) is 2. The molecule has 2 N–H and O–H groups in total. The largest absolute Gasteiger partial charge is 0.378 e. The molecule has 2 aromatic carbocycles. The summed E-state index contributed by atoms with van der Waals surface area (Å²) in [5, 5.41) is 7.97. The van der Waals surface area contributed by atoms with E-state index in [0.717, 1.165) is 37.8 Å². The van der Waals surface area contributed by atoms with Crippen molar-refractivity contribution in [2.75, 3.05) is 29.6 Å². The van der Waals surface area contributed by atoms with Crippen LogP contribution in [-0.2, 0) is 0 Å². The Bertz CT molecular complexity index is 1090. The van der Waals surface area contributed by atoms with E-state index in [4.69, 9.17) is 17.2 Å². The minimum atomic E-state index is 0.545. The summed E-state index contributed by atoms with van der Waals surface area (Å²) in [4.78, 5) is 10.9. The first-order valence-electron chi connectivity index (χ1n) is 8.75. The molecule has 0 aliphatic heterocycles. The van der Waals surface area contributed by atoms with E-state index < -0.39 is 0 Å². The average molecular weight is 406 g/mol. The highest BCUT2D eigenvalue weighted by Gasteiger charge is 2.07.